The first-order chi connectivity index (χ1) is 12.6. The Morgan fingerprint density at radius 2 is 1.96 bits per heavy atom. The molecule has 0 atom stereocenters. The molecule has 134 valence electrons. The van der Waals surface area contributed by atoms with Gasteiger partial charge in [0.2, 0.25) is 0 Å². The van der Waals surface area contributed by atoms with E-state index >= 15 is 0 Å². The first-order valence-electron chi connectivity index (χ1n) is 8.88. The number of thiazole rings is 1. The van der Waals surface area contributed by atoms with E-state index in [1.54, 1.807) is 18.4 Å². The van der Waals surface area contributed by atoms with Crippen LogP contribution in [-0.4, -0.2) is 24.2 Å². The van der Waals surface area contributed by atoms with Crippen LogP contribution in [0.1, 0.15) is 32.1 Å². The molecule has 2 aromatic carbocycles. The molecule has 26 heavy (non-hydrogen) atoms. The molecule has 3 aromatic rings. The zero-order valence-electron chi connectivity index (χ0n) is 15.3. The van der Waals surface area contributed by atoms with E-state index in [2.05, 4.69) is 35.5 Å². The number of benzene rings is 2. The minimum Gasteiger partial charge on any atom is -0.383 e. The summed E-state index contributed by atoms with van der Waals surface area (Å²) in [6, 6.07) is 10.3. The van der Waals surface area contributed by atoms with Gasteiger partial charge in [-0.25, -0.2) is 0 Å². The Bertz CT molecular complexity index is 1070. The molecule has 0 saturated heterocycles. The maximum Gasteiger partial charge on any atom is 0.280 e. The van der Waals surface area contributed by atoms with E-state index in [9.17, 15) is 4.79 Å². The third-order valence-corrected chi connectivity index (χ3v) is 6.31. The maximum absolute atomic E-state index is 13.0. The molecule has 1 aliphatic carbocycles. The summed E-state index contributed by atoms with van der Waals surface area (Å²) in [5, 5.41) is 2.28. The Kier molecular flexibility index (Phi) is 4.51. The van der Waals surface area contributed by atoms with Crippen LogP contribution in [0.25, 0.3) is 10.8 Å². The first-order valence-corrected chi connectivity index (χ1v) is 9.70. The lowest BCUT2D eigenvalue weighted by Crippen LogP contribution is -2.20. The average molecular weight is 366 g/mol. The Morgan fingerprint density at radius 3 is 2.73 bits per heavy atom. The molecule has 0 N–H and O–H groups in total. The van der Waals surface area contributed by atoms with Crippen LogP contribution in [0.3, 0.4) is 0 Å². The van der Waals surface area contributed by atoms with Crippen molar-refractivity contribution in [2.75, 3.05) is 13.7 Å². The molecule has 0 aliphatic heterocycles. The summed E-state index contributed by atoms with van der Waals surface area (Å²) < 4.78 is 7.27. The van der Waals surface area contributed by atoms with E-state index < -0.39 is 0 Å². The Morgan fingerprint density at radius 1 is 1.19 bits per heavy atom. The van der Waals surface area contributed by atoms with E-state index in [0.29, 0.717) is 18.7 Å². The van der Waals surface area contributed by atoms with Gasteiger partial charge < -0.3 is 9.30 Å². The van der Waals surface area contributed by atoms with E-state index in [1.165, 1.54) is 21.4 Å². The van der Waals surface area contributed by atoms with Gasteiger partial charge in [-0.3, -0.25) is 4.79 Å². The van der Waals surface area contributed by atoms with Gasteiger partial charge in [-0.2, -0.15) is 4.99 Å². The highest BCUT2D eigenvalue weighted by Gasteiger charge is 2.19. The summed E-state index contributed by atoms with van der Waals surface area (Å²) in [6.07, 6.45) is 2.11. The molecule has 5 heteroatoms. The van der Waals surface area contributed by atoms with E-state index in [0.717, 1.165) is 28.7 Å². The number of rotatable bonds is 4. The maximum atomic E-state index is 13.0. The molecular formula is C21H22N2O2S. The smallest absolute Gasteiger partial charge is 0.280 e. The topological polar surface area (TPSA) is 43.6 Å². The van der Waals surface area contributed by atoms with Crippen LogP contribution < -0.4 is 4.80 Å². The van der Waals surface area contributed by atoms with Crippen molar-refractivity contribution in [3.8, 4) is 0 Å². The molecule has 0 unspecified atom stereocenters. The fourth-order valence-electron chi connectivity index (χ4n) is 3.71. The quantitative estimate of drug-likeness (QED) is 0.705. The molecule has 1 heterocycles. The minimum absolute atomic E-state index is 0.173. The van der Waals surface area contributed by atoms with Gasteiger partial charge in [0.05, 0.1) is 6.61 Å². The molecule has 0 radical (unpaired) electrons. The van der Waals surface area contributed by atoms with E-state index in [-0.39, 0.29) is 5.91 Å². The predicted octanol–water partition coefficient (Wildman–Crippen LogP) is 3.81. The SMILES string of the molecule is COCCn1c(C)c(C)s/c1=N\C(=O)c1ccc2c3c(cccc13)CC2. The average Bonchev–Trinajstić information content (AvgIpc) is 3.17. The standard InChI is InChI=1S/C21H22N2O2S/c1-13-14(2)26-21(23(13)11-12-25-3)22-20(24)18-10-9-16-8-7-15-5-4-6-17(18)19(15)16/h4-6,9-10H,7-8,11-12H2,1-3H3/b22-21-. The molecule has 0 fully saturated rings. The zero-order chi connectivity index (χ0) is 18.3. The summed E-state index contributed by atoms with van der Waals surface area (Å²) in [4.78, 5) is 19.4. The summed E-state index contributed by atoms with van der Waals surface area (Å²) in [5.41, 5.74) is 4.50. The number of ether oxygens (including phenoxy) is 1. The van der Waals surface area contributed by atoms with Crippen LogP contribution in [-0.2, 0) is 24.1 Å². The zero-order valence-corrected chi connectivity index (χ0v) is 16.2. The molecule has 1 aliphatic rings. The molecule has 4 nitrogen and oxygen atoms in total. The number of carbonyl (C=O) groups excluding carboxylic acids is 1. The van der Waals surface area contributed by atoms with Gasteiger partial charge in [-0.1, -0.05) is 24.3 Å². The van der Waals surface area contributed by atoms with Gasteiger partial charge in [0.1, 0.15) is 0 Å². The van der Waals surface area contributed by atoms with Crippen LogP contribution >= 0.6 is 11.3 Å². The number of amides is 1. The molecule has 1 aromatic heterocycles. The summed E-state index contributed by atoms with van der Waals surface area (Å²) in [7, 11) is 1.68. The lowest BCUT2D eigenvalue weighted by atomic mass is 10.00. The fourth-order valence-corrected chi connectivity index (χ4v) is 4.71. The largest absolute Gasteiger partial charge is 0.383 e. The van der Waals surface area contributed by atoms with Gasteiger partial charge in [0.25, 0.3) is 5.91 Å². The highest BCUT2D eigenvalue weighted by atomic mass is 32.1. The summed E-state index contributed by atoms with van der Waals surface area (Å²) in [6.45, 7) is 5.41. The van der Waals surface area contributed by atoms with Crippen molar-refractivity contribution in [2.45, 2.75) is 33.2 Å². The minimum atomic E-state index is -0.173. The highest BCUT2D eigenvalue weighted by Crippen LogP contribution is 2.33. The second-order valence-corrected chi connectivity index (χ2v) is 7.88. The van der Waals surface area contributed by atoms with Crippen molar-refractivity contribution < 1.29 is 9.53 Å². The number of methoxy groups -OCH3 is 1. The van der Waals surface area contributed by atoms with Crippen molar-refractivity contribution in [2.24, 2.45) is 4.99 Å². The number of hydrogen-bond donors (Lipinski definition) is 0. The number of aromatic nitrogens is 1. The van der Waals surface area contributed by atoms with Gasteiger partial charge in [0.15, 0.2) is 4.80 Å². The molecule has 0 saturated carbocycles. The Hall–Kier alpha value is -2.24. The Labute approximate surface area is 156 Å². The van der Waals surface area contributed by atoms with Crippen LogP contribution in [0.2, 0.25) is 0 Å². The molecule has 0 bridgehead atoms. The second kappa shape index (κ2) is 6.82. The Balaban J connectivity index is 1.82. The van der Waals surface area contributed by atoms with Crippen LogP contribution in [0.15, 0.2) is 35.3 Å². The van der Waals surface area contributed by atoms with Crippen molar-refractivity contribution in [1.29, 1.82) is 0 Å². The molecule has 4 rings (SSSR count). The molecule has 1 amide bonds. The van der Waals surface area contributed by atoms with Crippen LogP contribution in [0, 0.1) is 13.8 Å². The number of aryl methyl sites for hydroxylation is 3. The highest BCUT2D eigenvalue weighted by molar-refractivity contribution is 7.09. The third-order valence-electron chi connectivity index (χ3n) is 5.21. The van der Waals surface area contributed by atoms with E-state index in [4.69, 9.17) is 4.74 Å². The number of nitrogens with zero attached hydrogens (tertiary/aromatic N) is 2. The lowest BCUT2D eigenvalue weighted by molar-refractivity contribution is 0.0998. The lowest BCUT2D eigenvalue weighted by Gasteiger charge is -2.07. The van der Waals surface area contributed by atoms with Gasteiger partial charge in [0, 0.05) is 29.8 Å². The van der Waals surface area contributed by atoms with Crippen LogP contribution in [0.4, 0.5) is 0 Å². The molecular weight excluding hydrogens is 344 g/mol. The van der Waals surface area contributed by atoms with Gasteiger partial charge in [-0.05, 0) is 54.7 Å². The summed E-state index contributed by atoms with van der Waals surface area (Å²) >= 11 is 1.56. The first kappa shape index (κ1) is 17.2. The monoisotopic (exact) mass is 366 g/mol. The summed E-state index contributed by atoms with van der Waals surface area (Å²) in [5.74, 6) is -0.173. The van der Waals surface area contributed by atoms with Crippen LogP contribution in [0.5, 0.6) is 0 Å². The number of hydrogen-bond acceptors (Lipinski definition) is 3. The van der Waals surface area contributed by atoms with Crippen molar-refractivity contribution in [1.82, 2.24) is 4.57 Å². The van der Waals surface area contributed by atoms with Crippen molar-refractivity contribution in [3.63, 3.8) is 0 Å². The molecule has 0 spiro atoms. The van der Waals surface area contributed by atoms with Gasteiger partial charge in [-0.15, -0.1) is 11.3 Å². The fraction of sp³-hybridized carbons (Fsp3) is 0.333. The van der Waals surface area contributed by atoms with Crippen molar-refractivity contribution in [3.05, 3.63) is 62.4 Å². The number of carbonyl (C=O) groups is 1. The second-order valence-electron chi connectivity index (χ2n) is 6.70. The third kappa shape index (κ3) is 2.81. The van der Waals surface area contributed by atoms with Gasteiger partial charge >= 0.3 is 0 Å². The predicted molar refractivity (Wildman–Crippen MR) is 105 cm³/mol. The van der Waals surface area contributed by atoms with Crippen molar-refractivity contribution >= 4 is 28.0 Å². The van der Waals surface area contributed by atoms with E-state index in [1.807, 2.05) is 18.2 Å². The normalized spacial score (nSPS) is 13.7.